The van der Waals surface area contributed by atoms with E-state index in [9.17, 15) is 24.8 Å². The van der Waals surface area contributed by atoms with Crippen LogP contribution in [0.2, 0.25) is 5.02 Å². The van der Waals surface area contributed by atoms with E-state index in [4.69, 9.17) is 21.1 Å². The van der Waals surface area contributed by atoms with Gasteiger partial charge in [-0.05, 0) is 78.8 Å². The number of amides is 2. The predicted molar refractivity (Wildman–Crippen MR) is 170 cm³/mol. The number of allylic oxidation sites excluding steroid dienone is 1. The van der Waals surface area contributed by atoms with Gasteiger partial charge in [0.1, 0.15) is 18.1 Å². The summed E-state index contributed by atoms with van der Waals surface area (Å²) in [5.74, 6) is -1.42. The third-order valence-electron chi connectivity index (χ3n) is 8.99. The van der Waals surface area contributed by atoms with Crippen molar-refractivity contribution in [3.63, 3.8) is 0 Å². The molecule has 4 atom stereocenters. The lowest BCUT2D eigenvalue weighted by atomic mass is 9.69. The van der Waals surface area contributed by atoms with Crippen molar-refractivity contribution in [2.24, 2.45) is 17.8 Å². The zero-order valence-corrected chi connectivity index (χ0v) is 25.5. The third kappa shape index (κ3) is 6.10. The lowest BCUT2D eigenvalue weighted by Crippen LogP contribution is -2.35. The Morgan fingerprint density at radius 2 is 1.89 bits per heavy atom. The number of aromatic hydroxyl groups is 1. The van der Waals surface area contributed by atoms with Gasteiger partial charge in [0.2, 0.25) is 11.8 Å². The molecule has 0 saturated carbocycles. The van der Waals surface area contributed by atoms with Gasteiger partial charge in [-0.3, -0.25) is 19.7 Å². The molecule has 0 spiro atoms. The van der Waals surface area contributed by atoms with E-state index in [1.54, 1.807) is 18.2 Å². The van der Waals surface area contributed by atoms with E-state index in [1.807, 2.05) is 36.4 Å². The summed E-state index contributed by atoms with van der Waals surface area (Å²) in [6, 6.07) is 20.0. The number of anilines is 1. The number of phenols is 1. The molecule has 1 N–H and O–H groups in total. The highest BCUT2D eigenvalue weighted by Gasteiger charge is 2.57. The first-order valence-electron chi connectivity index (χ1n) is 15.1. The van der Waals surface area contributed by atoms with Gasteiger partial charge in [-0.15, -0.1) is 0 Å². The van der Waals surface area contributed by atoms with Crippen molar-refractivity contribution in [1.29, 1.82) is 0 Å². The monoisotopic (exact) mass is 628 g/mol. The number of hydrogen-bond donors (Lipinski definition) is 1. The van der Waals surface area contributed by atoms with Gasteiger partial charge in [0.25, 0.3) is 5.69 Å². The Morgan fingerprint density at radius 1 is 1.09 bits per heavy atom. The summed E-state index contributed by atoms with van der Waals surface area (Å²) in [6.45, 7) is 2.64. The summed E-state index contributed by atoms with van der Waals surface area (Å²) in [5, 5.41) is 21.6. The summed E-state index contributed by atoms with van der Waals surface area (Å²) in [5.41, 5.74) is 3.99. The van der Waals surface area contributed by atoms with Crippen molar-refractivity contribution in [3.05, 3.63) is 110 Å². The maximum atomic E-state index is 13.9. The number of benzene rings is 3. The molecular formula is C35H33ClN2O7. The first kappa shape index (κ1) is 30.6. The van der Waals surface area contributed by atoms with Crippen molar-refractivity contribution in [2.75, 3.05) is 18.1 Å². The molecule has 232 valence electrons. The zero-order chi connectivity index (χ0) is 31.7. The number of phenolic OH excluding ortho intramolecular Hbond substituents is 1. The molecule has 3 aromatic carbocycles. The van der Waals surface area contributed by atoms with Crippen LogP contribution in [0.25, 0.3) is 6.08 Å². The number of imide groups is 1. The fraction of sp³-hybridized carbons (Fsp3) is 0.314. The Morgan fingerprint density at radius 3 is 2.62 bits per heavy atom. The second-order valence-electron chi connectivity index (χ2n) is 11.6. The molecule has 9 nitrogen and oxygen atoms in total. The number of carbonyl (C=O) groups is 2. The van der Waals surface area contributed by atoms with E-state index < -0.39 is 16.8 Å². The predicted octanol–water partition coefficient (Wildman–Crippen LogP) is 7.13. The molecule has 2 fully saturated rings. The van der Waals surface area contributed by atoms with Crippen LogP contribution < -0.4 is 9.64 Å². The first-order valence-corrected chi connectivity index (χ1v) is 15.4. The molecule has 2 aliphatic heterocycles. The van der Waals surface area contributed by atoms with Crippen molar-refractivity contribution < 1.29 is 29.1 Å². The maximum Gasteiger partial charge on any atom is 0.271 e. The van der Waals surface area contributed by atoms with Gasteiger partial charge in [0.15, 0.2) is 0 Å². The molecule has 10 heteroatoms. The Balaban J connectivity index is 1.29. The van der Waals surface area contributed by atoms with Crippen molar-refractivity contribution in [2.45, 2.75) is 38.7 Å². The number of fused-ring (bicyclic) bond motifs is 3. The summed E-state index contributed by atoms with van der Waals surface area (Å²) in [6.07, 6.45) is 4.32. The molecule has 0 aromatic heterocycles. The van der Waals surface area contributed by atoms with Crippen molar-refractivity contribution in [3.8, 4) is 11.5 Å². The number of rotatable bonds is 10. The van der Waals surface area contributed by atoms with Crippen LogP contribution in [0, 0.1) is 27.9 Å². The van der Waals surface area contributed by atoms with Crippen LogP contribution in [0.4, 0.5) is 11.4 Å². The molecule has 6 rings (SSSR count). The van der Waals surface area contributed by atoms with Crippen LogP contribution in [0.1, 0.15) is 38.2 Å². The molecule has 45 heavy (non-hydrogen) atoms. The molecule has 0 bridgehead atoms. The van der Waals surface area contributed by atoms with Crippen LogP contribution in [0.3, 0.4) is 0 Å². The second-order valence-corrected chi connectivity index (χ2v) is 12.0. The van der Waals surface area contributed by atoms with Crippen LogP contribution in [0.15, 0.2) is 89.5 Å². The highest BCUT2D eigenvalue weighted by molar-refractivity contribution is 6.32. The minimum Gasteiger partial charge on any atom is -0.508 e. The van der Waals surface area contributed by atoms with Gasteiger partial charge in [-0.25, -0.2) is 4.90 Å². The number of nitro benzene ring substituents is 1. The molecule has 1 aliphatic carbocycles. The fourth-order valence-corrected chi connectivity index (χ4v) is 7.04. The largest absolute Gasteiger partial charge is 0.508 e. The highest BCUT2D eigenvalue weighted by Crippen LogP contribution is 2.51. The minimum atomic E-state index is -0.616. The lowest BCUT2D eigenvalue weighted by Gasteiger charge is -2.31. The molecule has 3 aromatic rings. The summed E-state index contributed by atoms with van der Waals surface area (Å²) < 4.78 is 12.5. The van der Waals surface area contributed by atoms with E-state index >= 15 is 0 Å². The molecule has 2 heterocycles. The molecule has 2 amide bonds. The van der Waals surface area contributed by atoms with E-state index in [-0.39, 0.29) is 47.6 Å². The third-order valence-corrected chi connectivity index (χ3v) is 9.32. The van der Waals surface area contributed by atoms with Crippen LogP contribution in [0.5, 0.6) is 11.5 Å². The quantitative estimate of drug-likeness (QED) is 0.110. The van der Waals surface area contributed by atoms with Gasteiger partial charge in [0.05, 0.1) is 40.2 Å². The van der Waals surface area contributed by atoms with Crippen LogP contribution in [-0.2, 0) is 14.3 Å². The summed E-state index contributed by atoms with van der Waals surface area (Å²) in [7, 11) is 0. The van der Waals surface area contributed by atoms with Crippen LogP contribution in [-0.4, -0.2) is 41.2 Å². The maximum absolute atomic E-state index is 13.9. The standard InChI is InChI=1S/C35H33ClN2O7/c1-2-21(15-22-12-13-26(39)18-30(22)36)11-14-31-32-23(19-44-27-9-4-3-5-10-27)16-28-33(29(32)20-45-31)35(41)37(34(28)40)24-7-6-8-25(17-24)38(42)43/h3-10,12-13,15,17-18,28-29,31,33,39H,2,11,14,16,19-20H2,1H3/b21-15+/t28-,29+,31-,33-/m1/s1. The van der Waals surface area contributed by atoms with Gasteiger partial charge in [-0.1, -0.05) is 54.4 Å². The summed E-state index contributed by atoms with van der Waals surface area (Å²) in [4.78, 5) is 39.7. The molecular weight excluding hydrogens is 596 g/mol. The molecule has 2 saturated heterocycles. The Kier molecular flexibility index (Phi) is 8.74. The first-order chi connectivity index (χ1) is 21.7. The highest BCUT2D eigenvalue weighted by atomic mass is 35.5. The van der Waals surface area contributed by atoms with Gasteiger partial charge in [-0.2, -0.15) is 0 Å². The lowest BCUT2D eigenvalue weighted by molar-refractivity contribution is -0.384. The average molecular weight is 629 g/mol. The number of hydrogen-bond acceptors (Lipinski definition) is 7. The smallest absolute Gasteiger partial charge is 0.271 e. The summed E-state index contributed by atoms with van der Waals surface area (Å²) >= 11 is 6.36. The number of non-ortho nitro benzene ring substituents is 1. The molecule has 0 radical (unpaired) electrons. The Labute approximate surface area is 265 Å². The number of halogens is 1. The SMILES string of the molecule is CC/C(=C\c1ccc(O)cc1Cl)CC[C@H]1OC[C@H]2C1=C(COc1ccccc1)C[C@H]1C(=O)N(c3cccc([N+](=O)[O-])c3)C(=O)[C@H]12. The number of carbonyl (C=O) groups excluding carboxylic acids is 2. The number of para-hydroxylation sites is 1. The molecule has 3 aliphatic rings. The van der Waals surface area contributed by atoms with Crippen molar-refractivity contribution in [1.82, 2.24) is 0 Å². The van der Waals surface area contributed by atoms with Gasteiger partial charge < -0.3 is 14.6 Å². The number of ether oxygens (including phenoxy) is 2. The van der Waals surface area contributed by atoms with Gasteiger partial charge in [0, 0.05) is 18.1 Å². The molecule has 0 unspecified atom stereocenters. The van der Waals surface area contributed by atoms with Crippen LogP contribution >= 0.6 is 11.6 Å². The van der Waals surface area contributed by atoms with E-state index in [2.05, 4.69) is 6.92 Å². The Hall–Kier alpha value is -4.47. The zero-order valence-electron chi connectivity index (χ0n) is 24.7. The van der Waals surface area contributed by atoms with Gasteiger partial charge >= 0.3 is 0 Å². The number of nitrogens with zero attached hydrogens (tertiary/aromatic N) is 2. The Bertz CT molecular complexity index is 1700. The topological polar surface area (TPSA) is 119 Å². The van der Waals surface area contributed by atoms with E-state index in [1.165, 1.54) is 24.3 Å². The number of nitro groups is 1. The minimum absolute atomic E-state index is 0.109. The average Bonchev–Trinajstić information content (AvgIpc) is 3.57. The van der Waals surface area contributed by atoms with Crippen molar-refractivity contribution >= 4 is 40.9 Å². The normalized spacial score (nSPS) is 22.9. The van der Waals surface area contributed by atoms with E-state index in [0.717, 1.165) is 40.0 Å². The van der Waals surface area contributed by atoms with E-state index in [0.29, 0.717) is 30.2 Å². The fourth-order valence-electron chi connectivity index (χ4n) is 6.81. The second kappa shape index (κ2) is 12.9.